The second kappa shape index (κ2) is 8.89. The highest BCUT2D eigenvalue weighted by molar-refractivity contribution is 6.35. The minimum atomic E-state index is -0.177. The van der Waals surface area contributed by atoms with Gasteiger partial charge in [-0.15, -0.1) is 0 Å². The van der Waals surface area contributed by atoms with Crippen LogP contribution in [0.2, 0.25) is 5.02 Å². The highest BCUT2D eigenvalue weighted by atomic mass is 35.5. The number of carbonyl (C=O) groups is 1. The maximum Gasteiger partial charge on any atom is 0.287 e. The van der Waals surface area contributed by atoms with Gasteiger partial charge in [-0.3, -0.25) is 9.69 Å². The molecule has 3 aromatic rings. The molecule has 0 aliphatic carbocycles. The molecule has 2 heterocycles. The Labute approximate surface area is 176 Å². The maximum absolute atomic E-state index is 12.5. The summed E-state index contributed by atoms with van der Waals surface area (Å²) in [4.78, 5) is 17.4. The molecule has 0 radical (unpaired) electrons. The summed E-state index contributed by atoms with van der Waals surface area (Å²) in [5.74, 6) is 0.174. The number of piperazine rings is 1. The average molecular weight is 412 g/mol. The van der Waals surface area contributed by atoms with E-state index in [0.29, 0.717) is 22.9 Å². The summed E-state index contributed by atoms with van der Waals surface area (Å²) in [5, 5.41) is 4.40. The SMILES string of the molecule is Cc1c(C(=O)NCCCN2CCN(c3ccccc3)CC2)oc2c(Cl)cccc12. The zero-order chi connectivity index (χ0) is 20.2. The van der Waals surface area contributed by atoms with Crippen molar-refractivity contribution in [1.29, 1.82) is 0 Å². The van der Waals surface area contributed by atoms with E-state index in [4.69, 9.17) is 16.0 Å². The second-order valence-electron chi connectivity index (χ2n) is 7.45. The van der Waals surface area contributed by atoms with Crippen molar-refractivity contribution in [2.24, 2.45) is 0 Å². The lowest BCUT2D eigenvalue weighted by atomic mass is 10.1. The van der Waals surface area contributed by atoms with Gasteiger partial charge in [0, 0.05) is 49.4 Å². The van der Waals surface area contributed by atoms with E-state index in [2.05, 4.69) is 45.4 Å². The summed E-state index contributed by atoms with van der Waals surface area (Å²) in [6, 6.07) is 16.1. The maximum atomic E-state index is 12.5. The first-order valence-electron chi connectivity index (χ1n) is 10.1. The number of benzene rings is 2. The molecule has 0 atom stereocenters. The monoisotopic (exact) mass is 411 g/mol. The van der Waals surface area contributed by atoms with Crippen molar-refractivity contribution in [3.05, 3.63) is 64.9 Å². The van der Waals surface area contributed by atoms with Gasteiger partial charge in [-0.1, -0.05) is 41.9 Å². The van der Waals surface area contributed by atoms with Gasteiger partial charge in [-0.05, 0) is 38.1 Å². The molecule has 0 spiro atoms. The summed E-state index contributed by atoms with van der Waals surface area (Å²) in [6.07, 6.45) is 0.914. The van der Waals surface area contributed by atoms with Gasteiger partial charge in [-0.2, -0.15) is 0 Å². The predicted molar refractivity (Wildman–Crippen MR) is 118 cm³/mol. The summed E-state index contributed by atoms with van der Waals surface area (Å²) in [5.41, 5.74) is 2.70. The molecule has 0 bridgehead atoms. The number of fused-ring (bicyclic) bond motifs is 1. The lowest BCUT2D eigenvalue weighted by molar-refractivity contribution is 0.0925. The molecular weight excluding hydrogens is 386 g/mol. The van der Waals surface area contributed by atoms with Gasteiger partial charge < -0.3 is 14.6 Å². The third kappa shape index (κ3) is 4.41. The Morgan fingerprint density at radius 1 is 1.07 bits per heavy atom. The van der Waals surface area contributed by atoms with Gasteiger partial charge in [0.25, 0.3) is 5.91 Å². The fraction of sp³-hybridized carbons (Fsp3) is 0.348. The van der Waals surface area contributed by atoms with Crippen LogP contribution >= 0.6 is 11.6 Å². The van der Waals surface area contributed by atoms with Crippen molar-refractivity contribution >= 4 is 34.2 Å². The Bertz CT molecular complexity index is 978. The molecule has 1 aliphatic heterocycles. The zero-order valence-electron chi connectivity index (χ0n) is 16.7. The standard InChI is InChI=1S/C23H26ClN3O2/c1-17-19-9-5-10-20(24)22(19)29-21(17)23(28)25-11-6-12-26-13-15-27(16-14-26)18-7-3-2-4-8-18/h2-5,7-10H,6,11-16H2,1H3,(H,25,28). The van der Waals surface area contributed by atoms with Gasteiger partial charge in [0.15, 0.2) is 11.3 Å². The number of para-hydroxylation sites is 2. The molecule has 1 fully saturated rings. The first-order valence-corrected chi connectivity index (χ1v) is 10.5. The first-order chi connectivity index (χ1) is 14.1. The molecule has 1 saturated heterocycles. The van der Waals surface area contributed by atoms with E-state index in [0.717, 1.165) is 50.1 Å². The Kier molecular flexibility index (Phi) is 6.07. The van der Waals surface area contributed by atoms with Crippen molar-refractivity contribution < 1.29 is 9.21 Å². The Hall–Kier alpha value is -2.50. The molecular formula is C23H26ClN3O2. The van der Waals surface area contributed by atoms with Crippen LogP contribution < -0.4 is 10.2 Å². The number of nitrogens with zero attached hydrogens (tertiary/aromatic N) is 2. The van der Waals surface area contributed by atoms with Crippen molar-refractivity contribution in [3.8, 4) is 0 Å². The molecule has 1 aliphatic rings. The number of furan rings is 1. The largest absolute Gasteiger partial charge is 0.449 e. The number of anilines is 1. The van der Waals surface area contributed by atoms with Crippen molar-refractivity contribution in [2.75, 3.05) is 44.2 Å². The Morgan fingerprint density at radius 3 is 2.55 bits per heavy atom. The van der Waals surface area contributed by atoms with Gasteiger partial charge in [0.1, 0.15) is 0 Å². The van der Waals surface area contributed by atoms with Crippen LogP contribution in [0.1, 0.15) is 22.5 Å². The molecule has 29 heavy (non-hydrogen) atoms. The molecule has 1 N–H and O–H groups in total. The topological polar surface area (TPSA) is 48.7 Å². The van der Waals surface area contributed by atoms with Crippen LogP contribution in [0.15, 0.2) is 52.9 Å². The van der Waals surface area contributed by atoms with Crippen LogP contribution in [-0.4, -0.2) is 50.1 Å². The summed E-state index contributed by atoms with van der Waals surface area (Å²) in [7, 11) is 0. The first kappa shape index (κ1) is 19.8. The fourth-order valence-corrected chi connectivity index (χ4v) is 4.09. The highest BCUT2D eigenvalue weighted by Crippen LogP contribution is 2.30. The zero-order valence-corrected chi connectivity index (χ0v) is 17.4. The Balaban J connectivity index is 1.23. The van der Waals surface area contributed by atoms with Crippen LogP contribution in [0.4, 0.5) is 5.69 Å². The minimum absolute atomic E-state index is 0.177. The summed E-state index contributed by atoms with van der Waals surface area (Å²) < 4.78 is 5.73. The van der Waals surface area contributed by atoms with E-state index in [1.165, 1.54) is 5.69 Å². The van der Waals surface area contributed by atoms with Gasteiger partial charge in [-0.25, -0.2) is 0 Å². The summed E-state index contributed by atoms with van der Waals surface area (Å²) >= 11 is 6.17. The lowest BCUT2D eigenvalue weighted by Crippen LogP contribution is -2.47. The van der Waals surface area contributed by atoms with E-state index in [9.17, 15) is 4.79 Å². The predicted octanol–water partition coefficient (Wildman–Crippen LogP) is 4.34. The molecule has 0 unspecified atom stereocenters. The molecule has 5 nitrogen and oxygen atoms in total. The van der Waals surface area contributed by atoms with E-state index in [1.54, 1.807) is 6.07 Å². The van der Waals surface area contributed by atoms with Crippen LogP contribution in [0.25, 0.3) is 11.0 Å². The third-order valence-electron chi connectivity index (χ3n) is 5.55. The number of halogens is 1. The van der Waals surface area contributed by atoms with Crippen molar-refractivity contribution in [1.82, 2.24) is 10.2 Å². The molecule has 4 rings (SSSR count). The van der Waals surface area contributed by atoms with Crippen LogP contribution in [-0.2, 0) is 0 Å². The van der Waals surface area contributed by atoms with E-state index in [-0.39, 0.29) is 5.91 Å². The lowest BCUT2D eigenvalue weighted by Gasteiger charge is -2.36. The molecule has 1 aromatic heterocycles. The second-order valence-corrected chi connectivity index (χ2v) is 7.85. The molecule has 6 heteroatoms. The van der Waals surface area contributed by atoms with Gasteiger partial charge >= 0.3 is 0 Å². The Morgan fingerprint density at radius 2 is 1.83 bits per heavy atom. The number of rotatable bonds is 6. The minimum Gasteiger partial charge on any atom is -0.449 e. The van der Waals surface area contributed by atoms with E-state index < -0.39 is 0 Å². The van der Waals surface area contributed by atoms with Crippen LogP contribution in [0.3, 0.4) is 0 Å². The highest BCUT2D eigenvalue weighted by Gasteiger charge is 2.19. The number of hydrogen-bond donors (Lipinski definition) is 1. The molecule has 152 valence electrons. The fourth-order valence-electron chi connectivity index (χ4n) is 3.88. The third-order valence-corrected chi connectivity index (χ3v) is 5.85. The number of nitrogens with one attached hydrogen (secondary N) is 1. The van der Waals surface area contributed by atoms with Gasteiger partial charge in [0.2, 0.25) is 0 Å². The molecule has 0 saturated carbocycles. The number of carbonyl (C=O) groups excluding carboxylic acids is 1. The molecule has 1 amide bonds. The van der Waals surface area contributed by atoms with Crippen molar-refractivity contribution in [2.45, 2.75) is 13.3 Å². The normalized spacial score (nSPS) is 15.0. The van der Waals surface area contributed by atoms with Gasteiger partial charge in [0.05, 0.1) is 5.02 Å². The summed E-state index contributed by atoms with van der Waals surface area (Å²) in [6.45, 7) is 7.66. The number of aryl methyl sites for hydroxylation is 1. The van der Waals surface area contributed by atoms with E-state index in [1.807, 2.05) is 19.1 Å². The van der Waals surface area contributed by atoms with Crippen molar-refractivity contribution in [3.63, 3.8) is 0 Å². The van der Waals surface area contributed by atoms with Crippen LogP contribution in [0, 0.1) is 6.92 Å². The number of hydrogen-bond acceptors (Lipinski definition) is 4. The smallest absolute Gasteiger partial charge is 0.287 e. The average Bonchev–Trinajstić information content (AvgIpc) is 3.10. The quantitative estimate of drug-likeness (QED) is 0.613. The van der Waals surface area contributed by atoms with Crippen LogP contribution in [0.5, 0.6) is 0 Å². The van der Waals surface area contributed by atoms with E-state index >= 15 is 0 Å². The molecule has 2 aromatic carbocycles. The number of amides is 1.